The minimum Gasteiger partial charge on any atom is -0.465 e. The van der Waals surface area contributed by atoms with Gasteiger partial charge >= 0.3 is 12.3 Å². The zero-order chi connectivity index (χ0) is 32.2. The number of nitrogens with zero attached hydrogens (tertiary/aromatic N) is 5. The van der Waals surface area contributed by atoms with Gasteiger partial charge in [0.1, 0.15) is 5.54 Å². The number of rotatable bonds is 5. The minimum atomic E-state index is -4.72. The Labute approximate surface area is 256 Å². The van der Waals surface area contributed by atoms with Gasteiger partial charge in [0, 0.05) is 30.5 Å². The summed E-state index contributed by atoms with van der Waals surface area (Å²) in [7, 11) is 0. The van der Waals surface area contributed by atoms with Gasteiger partial charge < -0.3 is 20.2 Å². The summed E-state index contributed by atoms with van der Waals surface area (Å²) in [6, 6.07) is 5.14. The fourth-order valence-corrected chi connectivity index (χ4v) is 7.72. The average molecular weight is 615 g/mol. The molecule has 3 fully saturated rings. The highest BCUT2D eigenvalue weighted by molar-refractivity contribution is 5.96. The molecule has 1 aliphatic carbocycles. The van der Waals surface area contributed by atoms with Crippen molar-refractivity contribution in [2.75, 3.05) is 25.0 Å². The van der Waals surface area contributed by atoms with E-state index in [1.807, 2.05) is 6.20 Å². The van der Waals surface area contributed by atoms with E-state index in [2.05, 4.69) is 36.1 Å². The number of nitriles is 1. The van der Waals surface area contributed by atoms with Gasteiger partial charge in [0.2, 0.25) is 0 Å². The van der Waals surface area contributed by atoms with E-state index in [0.29, 0.717) is 24.4 Å². The molecule has 0 radical (unpaired) electrons. The monoisotopic (exact) mass is 614 g/mol. The second-order valence-corrected chi connectivity index (χ2v) is 14.2. The van der Waals surface area contributed by atoms with Gasteiger partial charge in [-0.1, -0.05) is 20.8 Å². The quantitative estimate of drug-likeness (QED) is 0.419. The van der Waals surface area contributed by atoms with Crippen molar-refractivity contribution in [3.8, 4) is 6.07 Å². The van der Waals surface area contributed by atoms with Crippen molar-refractivity contribution in [1.29, 1.82) is 5.26 Å². The maximum Gasteiger partial charge on any atom is 0.417 e. The lowest BCUT2D eigenvalue weighted by Gasteiger charge is -2.39. The number of fused-ring (bicyclic) bond motifs is 1. The Morgan fingerprint density at radius 2 is 1.77 bits per heavy atom. The van der Waals surface area contributed by atoms with Crippen molar-refractivity contribution >= 4 is 17.7 Å². The standard InChI is InChI=1S/C32H41F3N6O3/c1-30(2,3)27-25-14-24(12-21(25)17-40(27)29(43)44)39-10-8-19(9-11-39)22-16-37-41(18-22)31(4,5)28(42)38-23-7-6-20(15-36)26(13-23)32(33,34)35/h6-7,13,16,18-19,21,24-25,27H,8-12,14,17H2,1-5H3,(H,38,42)(H,43,44)/t21-,24?,25-,27?/m0/s1. The molecule has 2 aliphatic heterocycles. The minimum absolute atomic E-state index is 0.0301. The summed E-state index contributed by atoms with van der Waals surface area (Å²) in [5, 5.41) is 25.9. The molecular formula is C32H41F3N6O3. The second-order valence-electron chi connectivity index (χ2n) is 14.2. The van der Waals surface area contributed by atoms with Crippen LogP contribution in [-0.2, 0) is 16.5 Å². The first-order chi connectivity index (χ1) is 20.5. The Balaban J connectivity index is 1.19. The van der Waals surface area contributed by atoms with Gasteiger partial charge in [0.25, 0.3) is 5.91 Å². The molecule has 5 rings (SSSR count). The molecule has 238 valence electrons. The van der Waals surface area contributed by atoms with Crippen molar-refractivity contribution in [3.05, 3.63) is 47.3 Å². The van der Waals surface area contributed by atoms with E-state index in [0.717, 1.165) is 56.5 Å². The summed E-state index contributed by atoms with van der Waals surface area (Å²) in [5.74, 6) is 0.526. The summed E-state index contributed by atoms with van der Waals surface area (Å²) >= 11 is 0. The molecule has 9 nitrogen and oxygen atoms in total. The van der Waals surface area contributed by atoms with Crippen LogP contribution in [0.5, 0.6) is 0 Å². The number of alkyl halides is 3. The molecule has 0 bridgehead atoms. The van der Waals surface area contributed by atoms with Crippen molar-refractivity contribution in [3.63, 3.8) is 0 Å². The maximum absolute atomic E-state index is 13.4. The van der Waals surface area contributed by atoms with Crippen LogP contribution in [0, 0.1) is 28.6 Å². The zero-order valence-electron chi connectivity index (χ0n) is 25.9. The third-order valence-corrected chi connectivity index (χ3v) is 9.98. The van der Waals surface area contributed by atoms with E-state index in [-0.39, 0.29) is 23.1 Å². The highest BCUT2D eigenvalue weighted by atomic mass is 19.4. The number of carbonyl (C=O) groups excluding carboxylic acids is 1. The highest BCUT2D eigenvalue weighted by Gasteiger charge is 2.53. The van der Waals surface area contributed by atoms with Gasteiger partial charge in [-0.2, -0.15) is 23.5 Å². The molecule has 2 N–H and O–H groups in total. The summed E-state index contributed by atoms with van der Waals surface area (Å²) in [5.41, 5.74) is -1.92. The Morgan fingerprint density at radius 1 is 1.09 bits per heavy atom. The predicted molar refractivity (Wildman–Crippen MR) is 158 cm³/mol. The first kappa shape index (κ1) is 31.8. The molecule has 12 heteroatoms. The fourth-order valence-electron chi connectivity index (χ4n) is 7.72. The number of hydrogen-bond acceptors (Lipinski definition) is 5. The van der Waals surface area contributed by atoms with Crippen molar-refractivity contribution < 1.29 is 27.9 Å². The molecule has 44 heavy (non-hydrogen) atoms. The number of anilines is 1. The number of piperidine rings is 1. The van der Waals surface area contributed by atoms with Crippen molar-refractivity contribution in [2.45, 2.75) is 90.0 Å². The average Bonchev–Trinajstić information content (AvgIpc) is 3.67. The van der Waals surface area contributed by atoms with E-state index >= 15 is 0 Å². The van der Waals surface area contributed by atoms with Gasteiger partial charge in [-0.3, -0.25) is 9.48 Å². The van der Waals surface area contributed by atoms with Gasteiger partial charge in [-0.05, 0) is 99.6 Å². The Morgan fingerprint density at radius 3 is 2.36 bits per heavy atom. The number of carbonyl (C=O) groups is 2. The first-order valence-electron chi connectivity index (χ1n) is 15.2. The van der Waals surface area contributed by atoms with E-state index in [1.165, 1.54) is 6.07 Å². The number of hydrogen-bond donors (Lipinski definition) is 2. The van der Waals surface area contributed by atoms with Crippen molar-refractivity contribution in [1.82, 2.24) is 19.6 Å². The van der Waals surface area contributed by atoms with Crippen LogP contribution in [0.4, 0.5) is 23.7 Å². The molecule has 4 atom stereocenters. The Bertz CT molecular complexity index is 1450. The molecule has 3 aliphatic rings. The first-order valence-corrected chi connectivity index (χ1v) is 15.2. The Hall–Kier alpha value is -3.59. The second kappa shape index (κ2) is 11.4. The maximum atomic E-state index is 13.4. The molecule has 1 aromatic carbocycles. The van der Waals surface area contributed by atoms with Crippen LogP contribution in [0.25, 0.3) is 0 Å². The van der Waals surface area contributed by atoms with Gasteiger partial charge in [-0.25, -0.2) is 4.79 Å². The van der Waals surface area contributed by atoms with Crippen LogP contribution in [0.3, 0.4) is 0 Å². The van der Waals surface area contributed by atoms with Crippen LogP contribution >= 0.6 is 0 Å². The van der Waals surface area contributed by atoms with Gasteiger partial charge in [0.05, 0.1) is 23.4 Å². The summed E-state index contributed by atoms with van der Waals surface area (Å²) in [4.78, 5) is 29.4. The van der Waals surface area contributed by atoms with Crippen LogP contribution in [0.1, 0.15) is 82.9 Å². The highest BCUT2D eigenvalue weighted by Crippen LogP contribution is 2.50. The molecule has 3 heterocycles. The van der Waals surface area contributed by atoms with E-state index in [9.17, 15) is 27.9 Å². The number of carboxylic acid groups (broad SMARTS) is 1. The smallest absolute Gasteiger partial charge is 0.417 e. The number of benzene rings is 1. The summed E-state index contributed by atoms with van der Waals surface area (Å²) < 4.78 is 41.7. The lowest BCUT2D eigenvalue weighted by molar-refractivity contribution is -0.137. The number of halogens is 3. The SMILES string of the molecule is CC(C)(C)C1[C@H]2CC(N3CCC(c4cnn(C(C)(C)C(=O)Nc5ccc(C#N)c(C(F)(F)F)c5)c4)CC3)C[C@H]2CN1C(=O)O. The number of amides is 2. The molecule has 1 saturated carbocycles. The summed E-state index contributed by atoms with van der Waals surface area (Å²) in [6.45, 7) is 12.2. The van der Waals surface area contributed by atoms with Crippen LogP contribution in [0.15, 0.2) is 30.6 Å². The van der Waals surface area contributed by atoms with Crippen molar-refractivity contribution in [2.24, 2.45) is 17.3 Å². The predicted octanol–water partition coefficient (Wildman–Crippen LogP) is 6.13. The molecule has 2 amide bonds. The zero-order valence-corrected chi connectivity index (χ0v) is 25.9. The lowest BCUT2D eigenvalue weighted by atomic mass is 9.77. The lowest BCUT2D eigenvalue weighted by Crippen LogP contribution is -2.47. The molecule has 1 aromatic heterocycles. The van der Waals surface area contributed by atoms with Gasteiger partial charge in [-0.15, -0.1) is 0 Å². The third-order valence-electron chi connectivity index (χ3n) is 9.98. The number of likely N-dealkylation sites (tertiary alicyclic amines) is 2. The fraction of sp³-hybridized carbons (Fsp3) is 0.625. The molecule has 2 saturated heterocycles. The number of aromatic nitrogens is 2. The van der Waals surface area contributed by atoms with E-state index in [1.54, 1.807) is 35.7 Å². The molecule has 2 unspecified atom stereocenters. The van der Waals surface area contributed by atoms with E-state index < -0.39 is 34.8 Å². The molecular weight excluding hydrogens is 573 g/mol. The van der Waals surface area contributed by atoms with Crippen LogP contribution < -0.4 is 5.32 Å². The van der Waals surface area contributed by atoms with Crippen LogP contribution in [-0.4, -0.2) is 68.4 Å². The molecule has 0 spiro atoms. The number of nitrogens with one attached hydrogen (secondary N) is 1. The topological polar surface area (TPSA) is 114 Å². The van der Waals surface area contributed by atoms with Gasteiger partial charge in [0.15, 0.2) is 0 Å². The van der Waals surface area contributed by atoms with Crippen LogP contribution in [0.2, 0.25) is 0 Å². The third kappa shape index (κ3) is 6.03. The largest absolute Gasteiger partial charge is 0.465 e. The normalized spacial score (nSPS) is 25.1. The summed E-state index contributed by atoms with van der Waals surface area (Å²) in [6.07, 6.45) is 2.02. The Kier molecular flexibility index (Phi) is 8.25. The van der Waals surface area contributed by atoms with E-state index in [4.69, 9.17) is 5.26 Å². The molecule has 2 aromatic rings.